The molecule has 0 aliphatic carbocycles. The van der Waals surface area contributed by atoms with E-state index in [1.807, 2.05) is 0 Å². The maximum absolute atomic E-state index is 12.9. The molecule has 150 valence electrons. The Kier molecular flexibility index (Phi) is 7.78. The van der Waals surface area contributed by atoms with Crippen LogP contribution in [0.25, 0.3) is 0 Å². The van der Waals surface area contributed by atoms with Crippen molar-refractivity contribution in [1.82, 2.24) is 9.62 Å². The molecule has 0 radical (unpaired) electrons. The Hall–Kier alpha value is -1.49. The van der Waals surface area contributed by atoms with E-state index >= 15 is 0 Å². The van der Waals surface area contributed by atoms with Crippen LogP contribution in [-0.4, -0.2) is 65.7 Å². The van der Waals surface area contributed by atoms with E-state index in [1.54, 1.807) is 11.0 Å². The normalized spacial score (nSPS) is 15.6. The van der Waals surface area contributed by atoms with Crippen molar-refractivity contribution in [3.63, 3.8) is 0 Å². The number of hydrogen-bond acceptors (Lipinski definition) is 6. The molecule has 27 heavy (non-hydrogen) atoms. The van der Waals surface area contributed by atoms with Gasteiger partial charge in [0, 0.05) is 31.2 Å². The molecule has 1 aliphatic rings. The molecule has 2 rings (SSSR count). The number of methoxy groups -OCH3 is 2. The highest BCUT2D eigenvalue weighted by molar-refractivity contribution is 9.10. The van der Waals surface area contributed by atoms with Gasteiger partial charge in [-0.2, -0.15) is 0 Å². The summed E-state index contributed by atoms with van der Waals surface area (Å²) in [6, 6.07) is 4.33. The largest absolute Gasteiger partial charge is 0.469 e. The molecule has 1 saturated heterocycles. The van der Waals surface area contributed by atoms with Gasteiger partial charge < -0.3 is 14.4 Å². The van der Waals surface area contributed by atoms with Crippen LogP contribution in [0.15, 0.2) is 27.6 Å². The Morgan fingerprint density at radius 3 is 2.52 bits per heavy atom. The average Bonchev–Trinajstić information content (AvgIpc) is 2.67. The van der Waals surface area contributed by atoms with E-state index in [4.69, 9.17) is 9.47 Å². The predicted octanol–water partition coefficient (Wildman–Crippen LogP) is 1.40. The number of hydrogen-bond donors (Lipinski definition) is 1. The Labute approximate surface area is 167 Å². The second-order valence-corrected chi connectivity index (χ2v) is 8.74. The number of carbonyl (C=O) groups excluding carboxylic acids is 2. The first-order chi connectivity index (χ1) is 12.8. The molecule has 0 bridgehead atoms. The topological polar surface area (TPSA) is 102 Å². The highest BCUT2D eigenvalue weighted by Crippen LogP contribution is 2.25. The first kappa shape index (κ1) is 21.8. The molecule has 0 saturated carbocycles. The van der Waals surface area contributed by atoms with Crippen molar-refractivity contribution >= 4 is 37.8 Å². The number of esters is 1. The molecule has 1 fully saturated rings. The molecule has 10 heteroatoms. The standard InChI is InChI=1S/C17H23BrN2O6S/c1-25-10-7-19-27(23,24)13-3-4-15(18)14(11-13)16(21)20-8-5-12(6-9-20)17(22)26-2/h3-4,11-12,19H,5-10H2,1-2H3. The highest BCUT2D eigenvalue weighted by Gasteiger charge is 2.29. The average molecular weight is 463 g/mol. The van der Waals surface area contributed by atoms with Crippen LogP contribution in [0.2, 0.25) is 0 Å². The number of amides is 1. The maximum atomic E-state index is 12.9. The number of nitrogens with zero attached hydrogens (tertiary/aromatic N) is 1. The number of carbonyl (C=O) groups is 2. The number of nitrogens with one attached hydrogen (secondary N) is 1. The van der Waals surface area contributed by atoms with Crippen molar-refractivity contribution in [1.29, 1.82) is 0 Å². The van der Waals surface area contributed by atoms with Gasteiger partial charge in [0.15, 0.2) is 0 Å². The molecule has 8 nitrogen and oxygen atoms in total. The van der Waals surface area contributed by atoms with E-state index in [2.05, 4.69) is 20.7 Å². The molecule has 1 aromatic carbocycles. The van der Waals surface area contributed by atoms with Gasteiger partial charge in [-0.1, -0.05) is 0 Å². The summed E-state index contributed by atoms with van der Waals surface area (Å²) in [5, 5.41) is 0. The van der Waals surface area contributed by atoms with Crippen LogP contribution in [-0.2, 0) is 24.3 Å². The summed E-state index contributed by atoms with van der Waals surface area (Å²) < 4.78 is 37.2. The minimum Gasteiger partial charge on any atom is -0.469 e. The number of likely N-dealkylation sites (tertiary alicyclic amines) is 1. The summed E-state index contributed by atoms with van der Waals surface area (Å²) in [4.78, 5) is 26.1. The van der Waals surface area contributed by atoms with Crippen LogP contribution >= 0.6 is 15.9 Å². The Bertz CT molecular complexity index is 791. The van der Waals surface area contributed by atoms with Crippen LogP contribution in [0.4, 0.5) is 0 Å². The van der Waals surface area contributed by atoms with Gasteiger partial charge in [0.2, 0.25) is 10.0 Å². The maximum Gasteiger partial charge on any atom is 0.308 e. The monoisotopic (exact) mass is 462 g/mol. The van der Waals surface area contributed by atoms with Gasteiger partial charge in [-0.25, -0.2) is 13.1 Å². The lowest BCUT2D eigenvalue weighted by molar-refractivity contribution is -0.146. The van der Waals surface area contributed by atoms with Gasteiger partial charge in [0.1, 0.15) is 0 Å². The molecule has 1 heterocycles. The molecule has 1 amide bonds. The molecule has 0 spiro atoms. The summed E-state index contributed by atoms with van der Waals surface area (Å²) in [5.41, 5.74) is 0.265. The van der Waals surface area contributed by atoms with Crippen LogP contribution in [0.1, 0.15) is 23.2 Å². The second kappa shape index (κ2) is 9.63. The second-order valence-electron chi connectivity index (χ2n) is 6.12. The third kappa shape index (κ3) is 5.50. The number of sulfonamides is 1. The fourth-order valence-electron chi connectivity index (χ4n) is 2.85. The number of piperidine rings is 1. The van der Waals surface area contributed by atoms with Crippen molar-refractivity contribution in [3.05, 3.63) is 28.2 Å². The van der Waals surface area contributed by atoms with Crippen molar-refractivity contribution in [2.75, 3.05) is 40.5 Å². The van der Waals surface area contributed by atoms with Crippen LogP contribution in [0.5, 0.6) is 0 Å². The third-order valence-electron chi connectivity index (χ3n) is 4.39. The van der Waals surface area contributed by atoms with Gasteiger partial charge in [-0.15, -0.1) is 0 Å². The van der Waals surface area contributed by atoms with Crippen LogP contribution < -0.4 is 4.72 Å². The lowest BCUT2D eigenvalue weighted by Gasteiger charge is -2.31. The smallest absolute Gasteiger partial charge is 0.308 e. The Balaban J connectivity index is 2.14. The van der Waals surface area contributed by atoms with Crippen molar-refractivity contribution in [3.8, 4) is 0 Å². The molecule has 0 atom stereocenters. The number of rotatable bonds is 7. The predicted molar refractivity (Wildman–Crippen MR) is 102 cm³/mol. The molecule has 0 aromatic heterocycles. The Morgan fingerprint density at radius 1 is 1.26 bits per heavy atom. The van der Waals surface area contributed by atoms with Crippen LogP contribution in [0, 0.1) is 5.92 Å². The van der Waals surface area contributed by atoms with E-state index in [0.29, 0.717) is 30.4 Å². The minimum absolute atomic E-state index is 0.00889. The van der Waals surface area contributed by atoms with Gasteiger partial charge >= 0.3 is 5.97 Å². The molecule has 1 N–H and O–H groups in total. The molecule has 1 aliphatic heterocycles. The number of ether oxygens (including phenoxy) is 2. The summed E-state index contributed by atoms with van der Waals surface area (Å²) in [6.45, 7) is 1.21. The fraction of sp³-hybridized carbons (Fsp3) is 0.529. The quantitative estimate of drug-likeness (QED) is 0.485. The van der Waals surface area contributed by atoms with E-state index in [-0.39, 0.29) is 41.4 Å². The SMILES string of the molecule is COCCNS(=O)(=O)c1ccc(Br)c(C(=O)N2CCC(C(=O)OC)CC2)c1. The van der Waals surface area contributed by atoms with E-state index in [1.165, 1.54) is 26.4 Å². The molecule has 1 aromatic rings. The van der Waals surface area contributed by atoms with Crippen molar-refractivity contribution < 1.29 is 27.5 Å². The number of halogens is 1. The zero-order chi connectivity index (χ0) is 20.0. The molecular formula is C17H23BrN2O6S. The Morgan fingerprint density at radius 2 is 1.93 bits per heavy atom. The van der Waals surface area contributed by atoms with Gasteiger partial charge in [0.05, 0.1) is 30.1 Å². The van der Waals surface area contributed by atoms with E-state index in [0.717, 1.165) is 0 Å². The summed E-state index contributed by atoms with van der Waals surface area (Å²) >= 11 is 3.32. The molecular weight excluding hydrogens is 440 g/mol. The lowest BCUT2D eigenvalue weighted by Crippen LogP contribution is -2.40. The fourth-order valence-corrected chi connectivity index (χ4v) is 4.31. The zero-order valence-electron chi connectivity index (χ0n) is 15.2. The van der Waals surface area contributed by atoms with Crippen LogP contribution in [0.3, 0.4) is 0 Å². The van der Waals surface area contributed by atoms with Crippen molar-refractivity contribution in [2.24, 2.45) is 5.92 Å². The van der Waals surface area contributed by atoms with Gasteiger partial charge in [0.25, 0.3) is 5.91 Å². The number of benzene rings is 1. The zero-order valence-corrected chi connectivity index (χ0v) is 17.6. The summed E-state index contributed by atoms with van der Waals surface area (Å²) in [5.74, 6) is -0.753. The molecule has 0 unspecified atom stereocenters. The summed E-state index contributed by atoms with van der Waals surface area (Å²) in [6.07, 6.45) is 1.04. The third-order valence-corrected chi connectivity index (χ3v) is 6.54. The van der Waals surface area contributed by atoms with Gasteiger partial charge in [-0.3, -0.25) is 9.59 Å². The summed E-state index contributed by atoms with van der Waals surface area (Å²) in [7, 11) is -0.911. The first-order valence-electron chi connectivity index (χ1n) is 8.45. The highest BCUT2D eigenvalue weighted by atomic mass is 79.9. The first-order valence-corrected chi connectivity index (χ1v) is 10.7. The van der Waals surface area contributed by atoms with Crippen molar-refractivity contribution in [2.45, 2.75) is 17.7 Å². The minimum atomic E-state index is -3.74. The van der Waals surface area contributed by atoms with Gasteiger partial charge in [-0.05, 0) is 47.0 Å². The lowest BCUT2D eigenvalue weighted by atomic mass is 9.96. The van der Waals surface area contributed by atoms with E-state index in [9.17, 15) is 18.0 Å². The van der Waals surface area contributed by atoms with E-state index < -0.39 is 10.0 Å².